The summed E-state index contributed by atoms with van der Waals surface area (Å²) in [4.78, 5) is 0.274. The highest BCUT2D eigenvalue weighted by atomic mass is 32.2. The van der Waals surface area contributed by atoms with Gasteiger partial charge in [-0.3, -0.25) is 0 Å². The second-order valence-electron chi connectivity index (χ2n) is 5.69. The van der Waals surface area contributed by atoms with E-state index in [9.17, 15) is 8.42 Å². The maximum atomic E-state index is 12.8. The standard InChI is InChI=1S/C15H20N2O2S/c1-11(2)12(3)17(14-6-7-14)20(18,19)15-8-4-13(10-16)5-9-15/h4-5,8-9,11-12,14H,6-7H2,1-3H3/t12-/m1/s1. The van der Waals surface area contributed by atoms with E-state index in [1.165, 1.54) is 12.1 Å². The molecule has 1 aromatic carbocycles. The molecule has 0 unspecified atom stereocenters. The Morgan fingerprint density at radius 3 is 2.15 bits per heavy atom. The van der Waals surface area contributed by atoms with Crippen molar-refractivity contribution in [3.63, 3.8) is 0 Å². The molecule has 0 saturated heterocycles. The Morgan fingerprint density at radius 2 is 1.75 bits per heavy atom. The van der Waals surface area contributed by atoms with Crippen LogP contribution in [0.5, 0.6) is 0 Å². The molecule has 0 heterocycles. The summed E-state index contributed by atoms with van der Waals surface area (Å²) in [6, 6.07) is 8.27. The van der Waals surface area contributed by atoms with Crippen LogP contribution in [0.4, 0.5) is 0 Å². The third-order valence-corrected chi connectivity index (χ3v) is 5.89. The number of benzene rings is 1. The van der Waals surface area contributed by atoms with Gasteiger partial charge >= 0.3 is 0 Å². The Balaban J connectivity index is 2.37. The van der Waals surface area contributed by atoms with Gasteiger partial charge in [0.25, 0.3) is 0 Å². The first-order valence-corrected chi connectivity index (χ1v) is 8.35. The maximum Gasteiger partial charge on any atom is 0.243 e. The summed E-state index contributed by atoms with van der Waals surface area (Å²) in [6.07, 6.45) is 1.87. The van der Waals surface area contributed by atoms with Gasteiger partial charge in [0.15, 0.2) is 0 Å². The smallest absolute Gasteiger partial charge is 0.207 e. The second-order valence-corrected chi connectivity index (χ2v) is 7.53. The molecule has 1 saturated carbocycles. The van der Waals surface area contributed by atoms with E-state index in [1.807, 2.05) is 26.8 Å². The van der Waals surface area contributed by atoms with Crippen LogP contribution in [-0.2, 0) is 10.0 Å². The Kier molecular flexibility index (Phi) is 4.17. The van der Waals surface area contributed by atoms with Gasteiger partial charge in [0.2, 0.25) is 10.0 Å². The molecule has 2 rings (SSSR count). The fraction of sp³-hybridized carbons (Fsp3) is 0.533. The van der Waals surface area contributed by atoms with Gasteiger partial charge in [-0.25, -0.2) is 8.42 Å². The number of hydrogen-bond acceptors (Lipinski definition) is 3. The third-order valence-electron chi connectivity index (χ3n) is 3.83. The van der Waals surface area contributed by atoms with Crippen LogP contribution in [0, 0.1) is 17.2 Å². The maximum absolute atomic E-state index is 12.8. The SMILES string of the molecule is CC(C)[C@@H](C)N(C1CC1)S(=O)(=O)c1ccc(C#N)cc1. The fourth-order valence-electron chi connectivity index (χ4n) is 2.19. The molecule has 0 spiro atoms. The molecule has 0 bridgehead atoms. The van der Waals surface area contributed by atoms with Crippen molar-refractivity contribution in [2.24, 2.45) is 5.92 Å². The molecule has 1 aliphatic rings. The van der Waals surface area contributed by atoms with E-state index in [0.717, 1.165) is 12.8 Å². The van der Waals surface area contributed by atoms with Crippen molar-refractivity contribution in [3.05, 3.63) is 29.8 Å². The highest BCUT2D eigenvalue weighted by molar-refractivity contribution is 7.89. The molecule has 5 heteroatoms. The second kappa shape index (κ2) is 5.55. The molecule has 20 heavy (non-hydrogen) atoms. The number of rotatable bonds is 5. The van der Waals surface area contributed by atoms with Crippen LogP contribution in [0.2, 0.25) is 0 Å². The molecule has 0 N–H and O–H groups in total. The van der Waals surface area contributed by atoms with Crippen molar-refractivity contribution in [2.75, 3.05) is 0 Å². The average molecular weight is 292 g/mol. The largest absolute Gasteiger partial charge is 0.243 e. The molecule has 1 atom stereocenters. The molecule has 1 fully saturated rings. The highest BCUT2D eigenvalue weighted by Gasteiger charge is 2.41. The van der Waals surface area contributed by atoms with E-state index in [4.69, 9.17) is 5.26 Å². The van der Waals surface area contributed by atoms with Crippen LogP contribution in [0.15, 0.2) is 29.2 Å². The Labute approximate surface area is 121 Å². The van der Waals surface area contributed by atoms with Crippen molar-refractivity contribution < 1.29 is 8.42 Å². The van der Waals surface area contributed by atoms with Crippen LogP contribution >= 0.6 is 0 Å². The van der Waals surface area contributed by atoms with Crippen LogP contribution in [-0.4, -0.2) is 24.8 Å². The lowest BCUT2D eigenvalue weighted by molar-refractivity contribution is 0.269. The van der Waals surface area contributed by atoms with Gasteiger partial charge in [0.05, 0.1) is 16.5 Å². The van der Waals surface area contributed by atoms with Crippen molar-refractivity contribution >= 4 is 10.0 Å². The van der Waals surface area contributed by atoms with E-state index >= 15 is 0 Å². The summed E-state index contributed by atoms with van der Waals surface area (Å²) in [7, 11) is -3.48. The molecule has 108 valence electrons. The lowest BCUT2D eigenvalue weighted by atomic mass is 10.1. The quantitative estimate of drug-likeness (QED) is 0.838. The third kappa shape index (κ3) is 2.87. The van der Waals surface area contributed by atoms with Crippen LogP contribution in [0.25, 0.3) is 0 Å². The number of nitrogens with zero attached hydrogens (tertiary/aromatic N) is 2. The molecule has 0 radical (unpaired) electrons. The molecule has 0 aromatic heterocycles. The monoisotopic (exact) mass is 292 g/mol. The molecule has 4 nitrogen and oxygen atoms in total. The van der Waals surface area contributed by atoms with Crippen molar-refractivity contribution in [1.82, 2.24) is 4.31 Å². The van der Waals surface area contributed by atoms with Crippen molar-refractivity contribution in [2.45, 2.75) is 50.6 Å². The van der Waals surface area contributed by atoms with E-state index in [0.29, 0.717) is 5.56 Å². The zero-order valence-corrected chi connectivity index (χ0v) is 12.9. The zero-order chi connectivity index (χ0) is 14.9. The van der Waals surface area contributed by atoms with Gasteiger partial charge in [-0.15, -0.1) is 0 Å². The van der Waals surface area contributed by atoms with Gasteiger partial charge in [0, 0.05) is 12.1 Å². The molecular formula is C15H20N2O2S. The predicted molar refractivity (Wildman–Crippen MR) is 77.5 cm³/mol. The summed E-state index contributed by atoms with van der Waals surface area (Å²) in [5, 5.41) is 8.79. The van der Waals surface area contributed by atoms with Gasteiger partial charge in [-0.1, -0.05) is 13.8 Å². The molecule has 0 aliphatic heterocycles. The van der Waals surface area contributed by atoms with Crippen molar-refractivity contribution in [1.29, 1.82) is 5.26 Å². The lowest BCUT2D eigenvalue weighted by Gasteiger charge is -2.31. The van der Waals surface area contributed by atoms with Crippen LogP contribution in [0.1, 0.15) is 39.2 Å². The van der Waals surface area contributed by atoms with E-state index in [-0.39, 0.29) is 22.9 Å². The van der Waals surface area contributed by atoms with Crippen LogP contribution < -0.4 is 0 Å². The first-order valence-electron chi connectivity index (χ1n) is 6.91. The minimum Gasteiger partial charge on any atom is -0.207 e. The van der Waals surface area contributed by atoms with Crippen LogP contribution in [0.3, 0.4) is 0 Å². The molecule has 1 aromatic rings. The first kappa shape index (κ1) is 15.0. The van der Waals surface area contributed by atoms with Gasteiger partial charge < -0.3 is 0 Å². The summed E-state index contributed by atoms with van der Waals surface area (Å²) in [5.74, 6) is 0.267. The van der Waals surface area contributed by atoms with Gasteiger partial charge in [-0.2, -0.15) is 9.57 Å². The summed E-state index contributed by atoms with van der Waals surface area (Å²) >= 11 is 0. The number of nitriles is 1. The minimum absolute atomic E-state index is 0.0249. The van der Waals surface area contributed by atoms with Gasteiger partial charge in [0.1, 0.15) is 0 Å². The zero-order valence-electron chi connectivity index (χ0n) is 12.1. The Bertz CT molecular complexity index is 610. The predicted octanol–water partition coefficient (Wildman–Crippen LogP) is 2.76. The summed E-state index contributed by atoms with van der Waals surface area (Å²) < 4.78 is 27.3. The minimum atomic E-state index is -3.48. The van der Waals surface area contributed by atoms with E-state index in [1.54, 1.807) is 16.4 Å². The van der Waals surface area contributed by atoms with E-state index in [2.05, 4.69) is 0 Å². The average Bonchev–Trinajstić information content (AvgIpc) is 3.23. The normalized spacial score (nSPS) is 17.2. The Hall–Kier alpha value is -1.38. The topological polar surface area (TPSA) is 61.2 Å². The Morgan fingerprint density at radius 1 is 1.20 bits per heavy atom. The number of hydrogen-bond donors (Lipinski definition) is 0. The van der Waals surface area contributed by atoms with Gasteiger partial charge in [-0.05, 0) is 49.9 Å². The summed E-state index contributed by atoms with van der Waals surface area (Å²) in [5.41, 5.74) is 0.471. The molecular weight excluding hydrogens is 272 g/mol. The summed E-state index contributed by atoms with van der Waals surface area (Å²) in [6.45, 7) is 6.03. The van der Waals surface area contributed by atoms with E-state index < -0.39 is 10.0 Å². The first-order chi connectivity index (χ1) is 9.37. The number of sulfonamides is 1. The lowest BCUT2D eigenvalue weighted by Crippen LogP contribution is -2.42. The van der Waals surface area contributed by atoms with Crippen molar-refractivity contribution in [3.8, 4) is 6.07 Å². The molecule has 0 amide bonds. The highest BCUT2D eigenvalue weighted by Crippen LogP contribution is 2.35. The fourth-order valence-corrected chi connectivity index (χ4v) is 4.20. The molecule has 1 aliphatic carbocycles.